The molecule has 0 saturated carbocycles. The average molecular weight is 603 g/mol. The minimum absolute atomic E-state index is 0.0901. The van der Waals surface area contributed by atoms with Crippen LogP contribution in [0.15, 0.2) is 64.6 Å². The molecule has 0 spiro atoms. The van der Waals surface area contributed by atoms with Crippen LogP contribution in [0.2, 0.25) is 5.02 Å². The highest BCUT2D eigenvalue weighted by atomic mass is 79.9. The molecule has 0 aliphatic heterocycles. The van der Waals surface area contributed by atoms with E-state index in [2.05, 4.69) is 45.5 Å². The van der Waals surface area contributed by atoms with Crippen molar-refractivity contribution in [2.75, 3.05) is 5.32 Å². The number of nitrogens with zero attached hydrogens (tertiary/aromatic N) is 2. The van der Waals surface area contributed by atoms with Gasteiger partial charge in [-0.2, -0.15) is 10.5 Å². The number of hydrogen-bond acceptors (Lipinski definition) is 5. The number of ether oxygens (including phenoxy) is 1. The Hall–Kier alpha value is -3.62. The van der Waals surface area contributed by atoms with E-state index in [0.717, 1.165) is 52.5 Å². The number of halogens is 2. The van der Waals surface area contributed by atoms with Gasteiger partial charge in [-0.15, -0.1) is 11.3 Å². The van der Waals surface area contributed by atoms with Gasteiger partial charge in [0.25, 0.3) is 5.91 Å². The lowest BCUT2D eigenvalue weighted by atomic mass is 9.96. The molecule has 0 unspecified atom stereocenters. The molecule has 188 valence electrons. The number of fused-ring (bicyclic) bond motifs is 2. The first kappa shape index (κ1) is 26.0. The van der Waals surface area contributed by atoms with Crippen molar-refractivity contribution in [3.05, 3.63) is 96.8 Å². The second kappa shape index (κ2) is 11.4. The summed E-state index contributed by atoms with van der Waals surface area (Å²) in [6, 6.07) is 21.8. The van der Waals surface area contributed by atoms with Crippen molar-refractivity contribution < 1.29 is 9.53 Å². The second-order valence-electron chi connectivity index (χ2n) is 8.89. The lowest BCUT2D eigenvalue weighted by Crippen LogP contribution is -2.13. The standard InChI is InChI=1S/C30H21BrClN3O2S/c31-25-13-18(14-26(32)28(25)37-17-20-8-5-7-19-6-1-2-9-22(19)20)12-21(15-33)29(36)35-30-24(16-34)23-10-3-4-11-27(23)38-30/h1-2,5-9,12-14H,3-4,10-11,17H2,(H,35,36)/b21-12+. The van der Waals surface area contributed by atoms with Gasteiger partial charge >= 0.3 is 0 Å². The van der Waals surface area contributed by atoms with Crippen LogP contribution < -0.4 is 10.1 Å². The summed E-state index contributed by atoms with van der Waals surface area (Å²) in [6.45, 7) is 0.326. The van der Waals surface area contributed by atoms with Gasteiger partial charge in [0.15, 0.2) is 5.75 Å². The van der Waals surface area contributed by atoms with Crippen LogP contribution in [0.1, 0.15) is 40.0 Å². The Balaban J connectivity index is 1.35. The van der Waals surface area contributed by atoms with E-state index >= 15 is 0 Å². The molecule has 1 aliphatic rings. The molecule has 5 rings (SSSR count). The molecule has 1 heterocycles. The molecule has 0 fully saturated rings. The van der Waals surface area contributed by atoms with Crippen molar-refractivity contribution in [1.29, 1.82) is 10.5 Å². The van der Waals surface area contributed by atoms with Gasteiger partial charge in [-0.25, -0.2) is 0 Å². The lowest BCUT2D eigenvalue weighted by molar-refractivity contribution is -0.112. The Morgan fingerprint density at radius 2 is 1.92 bits per heavy atom. The maximum absolute atomic E-state index is 13.0. The van der Waals surface area contributed by atoms with E-state index in [4.69, 9.17) is 16.3 Å². The molecule has 0 atom stereocenters. The van der Waals surface area contributed by atoms with Gasteiger partial charge in [0.05, 0.1) is 15.1 Å². The van der Waals surface area contributed by atoms with E-state index in [1.807, 2.05) is 30.3 Å². The summed E-state index contributed by atoms with van der Waals surface area (Å²) in [4.78, 5) is 14.1. The zero-order valence-electron chi connectivity index (χ0n) is 20.2. The fourth-order valence-electron chi connectivity index (χ4n) is 4.63. The van der Waals surface area contributed by atoms with Crippen LogP contribution in [0, 0.1) is 22.7 Å². The topological polar surface area (TPSA) is 85.9 Å². The molecule has 1 aliphatic carbocycles. The Bertz CT molecular complexity index is 1650. The van der Waals surface area contributed by atoms with E-state index in [1.165, 1.54) is 17.4 Å². The maximum Gasteiger partial charge on any atom is 0.266 e. The van der Waals surface area contributed by atoms with Gasteiger partial charge < -0.3 is 10.1 Å². The van der Waals surface area contributed by atoms with Crippen LogP contribution in [0.4, 0.5) is 5.00 Å². The quantitative estimate of drug-likeness (QED) is 0.178. The van der Waals surface area contributed by atoms with E-state index < -0.39 is 5.91 Å². The highest BCUT2D eigenvalue weighted by molar-refractivity contribution is 9.10. The van der Waals surface area contributed by atoms with Crippen molar-refractivity contribution in [2.45, 2.75) is 32.3 Å². The van der Waals surface area contributed by atoms with Gasteiger partial charge in [-0.05, 0) is 87.3 Å². The Morgan fingerprint density at radius 1 is 1.13 bits per heavy atom. The van der Waals surface area contributed by atoms with Crippen LogP contribution in [0.25, 0.3) is 16.8 Å². The molecule has 0 bridgehead atoms. The fourth-order valence-corrected chi connectivity index (χ4v) is 6.85. The fraction of sp³-hybridized carbons (Fsp3) is 0.167. The third-order valence-corrected chi connectivity index (χ3v) is 8.54. The normalized spacial score (nSPS) is 12.9. The molecule has 4 aromatic rings. The highest BCUT2D eigenvalue weighted by Gasteiger charge is 2.23. The number of anilines is 1. The summed E-state index contributed by atoms with van der Waals surface area (Å²) < 4.78 is 6.67. The molecule has 1 amide bonds. The molecule has 5 nitrogen and oxygen atoms in total. The van der Waals surface area contributed by atoms with Crippen molar-refractivity contribution in [3.8, 4) is 17.9 Å². The molecule has 1 N–H and O–H groups in total. The lowest BCUT2D eigenvalue weighted by Gasteiger charge is -2.13. The molecule has 38 heavy (non-hydrogen) atoms. The zero-order chi connectivity index (χ0) is 26.6. The van der Waals surface area contributed by atoms with Gasteiger partial charge in [-0.3, -0.25) is 4.79 Å². The predicted molar refractivity (Wildman–Crippen MR) is 155 cm³/mol. The molecule has 0 saturated heterocycles. The van der Waals surface area contributed by atoms with Crippen molar-refractivity contribution in [3.63, 3.8) is 0 Å². The first-order chi connectivity index (χ1) is 18.5. The van der Waals surface area contributed by atoms with Crippen molar-refractivity contribution in [2.24, 2.45) is 0 Å². The van der Waals surface area contributed by atoms with Crippen LogP contribution in [-0.2, 0) is 24.2 Å². The Labute approximate surface area is 238 Å². The minimum atomic E-state index is -0.564. The van der Waals surface area contributed by atoms with E-state index in [-0.39, 0.29) is 5.57 Å². The van der Waals surface area contributed by atoms with E-state index in [1.54, 1.807) is 12.1 Å². The molecule has 3 aromatic carbocycles. The first-order valence-electron chi connectivity index (χ1n) is 12.0. The van der Waals surface area contributed by atoms with Gasteiger partial charge in [-0.1, -0.05) is 54.1 Å². The molecular weight excluding hydrogens is 582 g/mol. The number of benzene rings is 3. The van der Waals surface area contributed by atoms with Gasteiger partial charge in [0.1, 0.15) is 29.3 Å². The second-order valence-corrected chi connectivity index (χ2v) is 11.3. The molecule has 0 radical (unpaired) electrons. The molecule has 1 aromatic heterocycles. The monoisotopic (exact) mass is 601 g/mol. The number of carbonyl (C=O) groups is 1. The zero-order valence-corrected chi connectivity index (χ0v) is 23.3. The summed E-state index contributed by atoms with van der Waals surface area (Å²) in [5.74, 6) is -0.0892. The number of thiophene rings is 1. The first-order valence-corrected chi connectivity index (χ1v) is 14.0. The number of nitrogens with one attached hydrogen (secondary N) is 1. The van der Waals surface area contributed by atoms with Crippen LogP contribution in [0.5, 0.6) is 5.75 Å². The molecular formula is C30H21BrClN3O2S. The summed E-state index contributed by atoms with van der Waals surface area (Å²) in [5, 5.41) is 25.2. The Morgan fingerprint density at radius 3 is 2.71 bits per heavy atom. The van der Waals surface area contributed by atoms with Gasteiger partial charge in [0, 0.05) is 4.88 Å². The summed E-state index contributed by atoms with van der Waals surface area (Å²) in [7, 11) is 0. The smallest absolute Gasteiger partial charge is 0.266 e. The Kier molecular flexibility index (Phi) is 7.81. The predicted octanol–water partition coefficient (Wildman–Crippen LogP) is 8.19. The number of nitriles is 2. The highest BCUT2D eigenvalue weighted by Crippen LogP contribution is 2.38. The maximum atomic E-state index is 13.0. The van der Waals surface area contributed by atoms with Crippen LogP contribution in [-0.4, -0.2) is 5.91 Å². The van der Waals surface area contributed by atoms with Crippen molar-refractivity contribution in [1.82, 2.24) is 0 Å². The number of amides is 1. The molecule has 8 heteroatoms. The number of aryl methyl sites for hydroxylation is 1. The summed E-state index contributed by atoms with van der Waals surface area (Å²) in [5.41, 5.74) is 3.04. The van der Waals surface area contributed by atoms with Crippen LogP contribution in [0.3, 0.4) is 0 Å². The van der Waals surface area contributed by atoms with Crippen molar-refractivity contribution >= 4 is 66.6 Å². The van der Waals surface area contributed by atoms with Crippen LogP contribution >= 0.6 is 38.9 Å². The number of hydrogen-bond donors (Lipinski definition) is 1. The SMILES string of the molecule is N#C/C(=C\c1cc(Cl)c(OCc2cccc3ccccc23)c(Br)c1)C(=O)Nc1sc2c(c1C#N)CCCC2. The number of carbonyl (C=O) groups excluding carboxylic acids is 1. The summed E-state index contributed by atoms with van der Waals surface area (Å²) in [6.07, 6.45) is 5.33. The van der Waals surface area contributed by atoms with Gasteiger partial charge in [0.2, 0.25) is 0 Å². The average Bonchev–Trinajstić information content (AvgIpc) is 3.28. The number of rotatable bonds is 6. The largest absolute Gasteiger partial charge is 0.486 e. The van der Waals surface area contributed by atoms with E-state index in [9.17, 15) is 15.3 Å². The minimum Gasteiger partial charge on any atom is -0.486 e. The summed E-state index contributed by atoms with van der Waals surface area (Å²) >= 11 is 11.5. The van der Waals surface area contributed by atoms with E-state index in [0.29, 0.717) is 38.0 Å². The third-order valence-electron chi connectivity index (χ3n) is 6.46. The third kappa shape index (κ3) is 5.33.